The quantitative estimate of drug-likeness (QED) is 0.118. The van der Waals surface area contributed by atoms with Gasteiger partial charge in [0.05, 0.1) is 19.9 Å². The third-order valence-electron chi connectivity index (χ3n) is 4.97. The molecule has 172 valence electrons. The Labute approximate surface area is 239 Å². The van der Waals surface area contributed by atoms with E-state index in [2.05, 4.69) is 114 Å². The third kappa shape index (κ3) is 6.81. The van der Waals surface area contributed by atoms with Gasteiger partial charge in [0.1, 0.15) is 12.4 Å². The fraction of sp³-hybridized carbons (Fsp3) is 0.0769. The van der Waals surface area contributed by atoms with Crippen molar-refractivity contribution in [3.63, 3.8) is 0 Å². The number of anilines is 1. The summed E-state index contributed by atoms with van der Waals surface area (Å²) >= 11 is 6.78. The van der Waals surface area contributed by atoms with Crippen LogP contribution in [0, 0.1) is 10.7 Å². The van der Waals surface area contributed by atoms with E-state index in [1.807, 2.05) is 48.5 Å². The van der Waals surface area contributed by atoms with E-state index in [0.717, 1.165) is 33.3 Å². The summed E-state index contributed by atoms with van der Waals surface area (Å²) in [5.74, 6) is 0.631. The number of nitrogens with one attached hydrogen (secondary N) is 2. The van der Waals surface area contributed by atoms with Gasteiger partial charge in [-0.25, -0.2) is 5.43 Å². The van der Waals surface area contributed by atoms with Gasteiger partial charge in [0.2, 0.25) is 0 Å². The van der Waals surface area contributed by atoms with Gasteiger partial charge in [-0.3, -0.25) is 4.79 Å². The zero-order valence-electron chi connectivity index (χ0n) is 17.9. The van der Waals surface area contributed by atoms with Gasteiger partial charge >= 0.3 is 0 Å². The summed E-state index contributed by atoms with van der Waals surface area (Å²) in [6.45, 7) is 0.637. The first-order valence-corrected chi connectivity index (χ1v) is 13.6. The van der Waals surface area contributed by atoms with Crippen LogP contribution in [0.3, 0.4) is 0 Å². The SMILES string of the molecule is O=C(CNc1ccc(I)cc1)N/N=C\c1cc(I)c(OCc2cccc3ccccc23)c(I)c1. The topological polar surface area (TPSA) is 62.7 Å². The summed E-state index contributed by atoms with van der Waals surface area (Å²) in [5, 5.41) is 9.57. The molecule has 0 unspecified atom stereocenters. The summed E-state index contributed by atoms with van der Waals surface area (Å²) in [6, 6.07) is 26.4. The Balaban J connectivity index is 1.34. The number of halogens is 3. The Hall–Kier alpha value is -1.93. The lowest BCUT2D eigenvalue weighted by atomic mass is 10.1. The second-order valence-electron chi connectivity index (χ2n) is 7.39. The number of benzene rings is 4. The number of carbonyl (C=O) groups is 1. The molecular weight excluding hydrogens is 767 g/mol. The van der Waals surface area contributed by atoms with E-state index < -0.39 is 0 Å². The van der Waals surface area contributed by atoms with Gasteiger partial charge in [0, 0.05) is 9.26 Å². The minimum atomic E-state index is -0.214. The second-order valence-corrected chi connectivity index (χ2v) is 11.0. The zero-order valence-corrected chi connectivity index (χ0v) is 24.4. The van der Waals surface area contributed by atoms with Gasteiger partial charge in [-0.2, -0.15) is 5.10 Å². The highest BCUT2D eigenvalue weighted by Gasteiger charge is 2.10. The Morgan fingerprint density at radius 1 is 0.912 bits per heavy atom. The predicted molar refractivity (Wildman–Crippen MR) is 164 cm³/mol. The number of hydrazone groups is 1. The maximum absolute atomic E-state index is 12.1. The van der Waals surface area contributed by atoms with E-state index in [4.69, 9.17) is 4.74 Å². The fourth-order valence-corrected chi connectivity index (χ4v) is 5.82. The van der Waals surface area contributed by atoms with Crippen LogP contribution in [0.2, 0.25) is 0 Å². The molecule has 4 rings (SSSR count). The molecular formula is C26H20I3N3O2. The first-order valence-electron chi connectivity index (χ1n) is 10.4. The van der Waals surface area contributed by atoms with Crippen molar-refractivity contribution in [1.29, 1.82) is 0 Å². The Kier molecular flexibility index (Phi) is 9.00. The Morgan fingerprint density at radius 3 is 2.38 bits per heavy atom. The molecule has 0 aliphatic carbocycles. The van der Waals surface area contributed by atoms with Crippen LogP contribution in [0.4, 0.5) is 5.69 Å². The normalized spacial score (nSPS) is 11.0. The number of ether oxygens (including phenoxy) is 1. The largest absolute Gasteiger partial charge is 0.487 e. The van der Waals surface area contributed by atoms with Crippen molar-refractivity contribution < 1.29 is 9.53 Å². The second kappa shape index (κ2) is 12.2. The molecule has 0 spiro atoms. The number of hydrogen-bond acceptors (Lipinski definition) is 4. The number of nitrogens with zero attached hydrogens (tertiary/aromatic N) is 1. The van der Waals surface area contributed by atoms with Crippen LogP contribution in [0.5, 0.6) is 5.75 Å². The Bertz CT molecular complexity index is 1310. The average molecular weight is 787 g/mol. The van der Waals surface area contributed by atoms with Crippen molar-refractivity contribution in [2.75, 3.05) is 11.9 Å². The van der Waals surface area contributed by atoms with Crippen molar-refractivity contribution in [3.05, 3.63) is 101 Å². The molecule has 0 saturated heterocycles. The van der Waals surface area contributed by atoms with Crippen molar-refractivity contribution >= 4 is 96.4 Å². The molecule has 1 amide bonds. The molecule has 8 heteroatoms. The van der Waals surface area contributed by atoms with Gasteiger partial charge in [-0.05, 0) is 126 Å². The van der Waals surface area contributed by atoms with E-state index in [1.165, 1.54) is 10.8 Å². The number of hydrogen-bond donors (Lipinski definition) is 2. The molecule has 0 atom stereocenters. The van der Waals surface area contributed by atoms with Gasteiger partial charge in [0.25, 0.3) is 5.91 Å². The van der Waals surface area contributed by atoms with Crippen LogP contribution < -0.4 is 15.5 Å². The number of rotatable bonds is 8. The Morgan fingerprint density at radius 2 is 1.62 bits per heavy atom. The molecule has 4 aromatic rings. The minimum Gasteiger partial charge on any atom is -0.487 e. The lowest BCUT2D eigenvalue weighted by molar-refractivity contribution is -0.119. The van der Waals surface area contributed by atoms with Crippen LogP contribution >= 0.6 is 67.8 Å². The number of fused-ring (bicyclic) bond motifs is 1. The monoisotopic (exact) mass is 787 g/mol. The molecule has 0 bridgehead atoms. The van der Waals surface area contributed by atoms with Gasteiger partial charge in [-0.15, -0.1) is 0 Å². The highest BCUT2D eigenvalue weighted by Crippen LogP contribution is 2.30. The highest BCUT2D eigenvalue weighted by molar-refractivity contribution is 14.1. The molecule has 4 aromatic carbocycles. The molecule has 0 fully saturated rings. The zero-order chi connectivity index (χ0) is 23.9. The summed E-state index contributed by atoms with van der Waals surface area (Å²) < 4.78 is 9.32. The van der Waals surface area contributed by atoms with Crippen molar-refractivity contribution in [1.82, 2.24) is 5.43 Å². The van der Waals surface area contributed by atoms with Gasteiger partial charge in [0.15, 0.2) is 0 Å². The summed E-state index contributed by atoms with van der Waals surface area (Å²) in [5.41, 5.74) is 5.49. The molecule has 5 nitrogen and oxygen atoms in total. The first kappa shape index (κ1) is 25.2. The lowest BCUT2D eigenvalue weighted by Crippen LogP contribution is -2.25. The van der Waals surface area contributed by atoms with Crippen LogP contribution in [0.15, 0.2) is 84.0 Å². The van der Waals surface area contributed by atoms with Gasteiger partial charge in [-0.1, -0.05) is 42.5 Å². The lowest BCUT2D eigenvalue weighted by Gasteiger charge is -2.13. The minimum absolute atomic E-state index is 0.147. The van der Waals surface area contributed by atoms with Crippen molar-refractivity contribution in [2.24, 2.45) is 5.10 Å². The van der Waals surface area contributed by atoms with Crippen LogP contribution in [-0.2, 0) is 11.4 Å². The van der Waals surface area contributed by atoms with Crippen LogP contribution in [-0.4, -0.2) is 18.7 Å². The summed E-state index contributed by atoms with van der Waals surface area (Å²) in [4.78, 5) is 12.1. The highest BCUT2D eigenvalue weighted by atomic mass is 127. The van der Waals surface area contributed by atoms with Crippen molar-refractivity contribution in [2.45, 2.75) is 6.61 Å². The fourth-order valence-electron chi connectivity index (χ4n) is 3.33. The molecule has 0 radical (unpaired) electrons. The predicted octanol–water partition coefficient (Wildman–Crippen LogP) is 6.79. The maximum atomic E-state index is 12.1. The van der Waals surface area contributed by atoms with E-state index in [-0.39, 0.29) is 12.5 Å². The summed E-state index contributed by atoms with van der Waals surface area (Å²) in [6.07, 6.45) is 1.64. The smallest absolute Gasteiger partial charge is 0.259 e. The first-order chi connectivity index (χ1) is 16.5. The molecule has 0 aliphatic heterocycles. The third-order valence-corrected chi connectivity index (χ3v) is 7.29. The van der Waals surface area contributed by atoms with Gasteiger partial charge < -0.3 is 10.1 Å². The maximum Gasteiger partial charge on any atom is 0.259 e. The molecule has 0 aromatic heterocycles. The van der Waals surface area contributed by atoms with E-state index in [1.54, 1.807) is 6.21 Å². The number of amides is 1. The molecule has 0 saturated carbocycles. The van der Waals surface area contributed by atoms with Crippen LogP contribution in [0.1, 0.15) is 11.1 Å². The molecule has 0 aliphatic rings. The molecule has 0 heterocycles. The van der Waals surface area contributed by atoms with Crippen molar-refractivity contribution in [3.8, 4) is 5.75 Å². The summed E-state index contributed by atoms with van der Waals surface area (Å²) in [7, 11) is 0. The average Bonchev–Trinajstić information content (AvgIpc) is 2.83. The van der Waals surface area contributed by atoms with E-state index in [9.17, 15) is 4.79 Å². The van der Waals surface area contributed by atoms with E-state index in [0.29, 0.717) is 6.61 Å². The standard InChI is InChI=1S/C26H20I3N3O2/c27-20-8-10-21(11-9-20)30-15-25(33)32-31-14-17-12-23(28)26(24(29)13-17)34-16-19-6-3-5-18-4-1-2-7-22(18)19/h1-14,30H,15-16H2,(H,32,33)/b31-14-. The van der Waals surface area contributed by atoms with E-state index >= 15 is 0 Å². The molecule has 2 N–H and O–H groups in total. The number of carbonyl (C=O) groups excluding carboxylic acids is 1. The van der Waals surface area contributed by atoms with Crippen LogP contribution in [0.25, 0.3) is 10.8 Å². The molecule has 34 heavy (non-hydrogen) atoms.